The zero-order chi connectivity index (χ0) is 13.2. The Morgan fingerprint density at radius 2 is 1.94 bits per heavy atom. The number of methoxy groups -OCH3 is 2. The van der Waals surface area contributed by atoms with E-state index in [0.29, 0.717) is 6.29 Å². The van der Waals surface area contributed by atoms with Gasteiger partial charge in [0.2, 0.25) is 11.6 Å². The highest BCUT2D eigenvalue weighted by molar-refractivity contribution is 5.63. The molecular formula is C11H17NO5. The number of nitriles is 1. The smallest absolute Gasteiger partial charge is 0.221 e. The molecule has 17 heavy (non-hydrogen) atoms. The molecular weight excluding hydrogens is 226 g/mol. The first-order valence-electron chi connectivity index (χ1n) is 5.18. The number of rotatable bonds is 4. The summed E-state index contributed by atoms with van der Waals surface area (Å²) in [6, 6.07) is 1.90. The third-order valence-electron chi connectivity index (χ3n) is 3.19. The van der Waals surface area contributed by atoms with Gasteiger partial charge in [-0.1, -0.05) is 0 Å². The van der Waals surface area contributed by atoms with E-state index < -0.39 is 17.2 Å². The second kappa shape index (κ2) is 4.70. The summed E-state index contributed by atoms with van der Waals surface area (Å²) in [4.78, 5) is 11.1. The largest absolute Gasteiger partial charge is 0.349 e. The summed E-state index contributed by atoms with van der Waals surface area (Å²) in [6.45, 7) is 3.20. The number of hydrogen-bond acceptors (Lipinski definition) is 6. The van der Waals surface area contributed by atoms with Gasteiger partial charge in [0.1, 0.15) is 0 Å². The number of hydrogen-bond donors (Lipinski definition) is 0. The van der Waals surface area contributed by atoms with Crippen molar-refractivity contribution in [1.82, 2.24) is 0 Å². The van der Waals surface area contributed by atoms with Gasteiger partial charge in [-0.2, -0.15) is 5.26 Å². The molecule has 0 bridgehead atoms. The lowest BCUT2D eigenvalue weighted by Gasteiger charge is -2.51. The van der Waals surface area contributed by atoms with Crippen LogP contribution < -0.4 is 0 Å². The molecule has 1 saturated heterocycles. The van der Waals surface area contributed by atoms with E-state index in [9.17, 15) is 4.79 Å². The van der Waals surface area contributed by atoms with E-state index in [1.165, 1.54) is 14.2 Å². The Labute approximate surface area is 100 Å². The highest BCUT2D eigenvalue weighted by Gasteiger charge is 2.58. The maximum absolute atomic E-state index is 11.1. The SMILES string of the molecule is CO[C@]1(C)OC[C@@](C=O)(CC#N)O[C@@]1(C)OC. The van der Waals surface area contributed by atoms with Crippen LogP contribution in [0.25, 0.3) is 0 Å². The van der Waals surface area contributed by atoms with Crippen molar-refractivity contribution in [2.24, 2.45) is 0 Å². The summed E-state index contributed by atoms with van der Waals surface area (Å²) < 4.78 is 21.6. The van der Waals surface area contributed by atoms with E-state index in [-0.39, 0.29) is 13.0 Å². The molecule has 1 fully saturated rings. The molecule has 96 valence electrons. The molecule has 0 saturated carbocycles. The quantitative estimate of drug-likeness (QED) is 0.673. The zero-order valence-electron chi connectivity index (χ0n) is 10.5. The van der Waals surface area contributed by atoms with Crippen molar-refractivity contribution in [3.05, 3.63) is 0 Å². The Morgan fingerprint density at radius 1 is 1.35 bits per heavy atom. The molecule has 1 aliphatic heterocycles. The summed E-state index contributed by atoms with van der Waals surface area (Å²) in [5, 5.41) is 8.73. The third kappa shape index (κ3) is 2.19. The van der Waals surface area contributed by atoms with Crippen molar-refractivity contribution >= 4 is 6.29 Å². The topological polar surface area (TPSA) is 77.8 Å². The van der Waals surface area contributed by atoms with E-state index in [1.807, 2.05) is 6.07 Å². The van der Waals surface area contributed by atoms with Crippen LogP contribution in [0.3, 0.4) is 0 Å². The van der Waals surface area contributed by atoms with Gasteiger partial charge < -0.3 is 18.9 Å². The lowest BCUT2D eigenvalue weighted by atomic mass is 9.98. The molecule has 0 amide bonds. The van der Waals surface area contributed by atoms with Crippen LogP contribution in [0.1, 0.15) is 20.3 Å². The van der Waals surface area contributed by atoms with Gasteiger partial charge in [-0.05, 0) is 13.8 Å². The van der Waals surface area contributed by atoms with E-state index in [2.05, 4.69) is 0 Å². The standard InChI is InChI=1S/C11H17NO5/c1-9(14-3)10(2,15-4)17-11(7-13,5-6-12)8-16-9/h7H,5,8H2,1-4H3/t9-,10-,11+/m1/s1. The molecule has 1 rings (SSSR count). The van der Waals surface area contributed by atoms with Crippen molar-refractivity contribution in [3.63, 3.8) is 0 Å². The first-order chi connectivity index (χ1) is 7.91. The molecule has 0 N–H and O–H groups in total. The van der Waals surface area contributed by atoms with Crippen molar-refractivity contribution < 1.29 is 23.7 Å². The van der Waals surface area contributed by atoms with Crippen LogP contribution in [0.5, 0.6) is 0 Å². The van der Waals surface area contributed by atoms with Gasteiger partial charge >= 0.3 is 0 Å². The number of nitrogens with zero attached hydrogens (tertiary/aromatic N) is 1. The summed E-state index contributed by atoms with van der Waals surface area (Å²) in [5.41, 5.74) is -1.31. The van der Waals surface area contributed by atoms with Gasteiger partial charge in [0, 0.05) is 14.2 Å². The van der Waals surface area contributed by atoms with Crippen LogP contribution in [-0.2, 0) is 23.7 Å². The Kier molecular flexibility index (Phi) is 3.89. The number of aldehydes is 1. The summed E-state index contributed by atoms with van der Waals surface area (Å²) in [6.07, 6.45) is 0.470. The molecule has 3 atom stereocenters. The van der Waals surface area contributed by atoms with Crippen LogP contribution in [0, 0.1) is 11.3 Å². The average Bonchev–Trinajstić information content (AvgIpc) is 2.34. The predicted octanol–water partition coefficient (Wildman–Crippen LogP) is 0.610. The van der Waals surface area contributed by atoms with Crippen molar-refractivity contribution in [1.29, 1.82) is 5.26 Å². The predicted molar refractivity (Wildman–Crippen MR) is 56.9 cm³/mol. The molecule has 1 aliphatic rings. The minimum absolute atomic E-state index is 0.0483. The molecule has 0 spiro atoms. The summed E-state index contributed by atoms with van der Waals surface area (Å²) in [7, 11) is 2.88. The van der Waals surface area contributed by atoms with Crippen molar-refractivity contribution in [2.75, 3.05) is 20.8 Å². The van der Waals surface area contributed by atoms with Crippen LogP contribution in [0.4, 0.5) is 0 Å². The average molecular weight is 243 g/mol. The molecule has 0 aromatic heterocycles. The minimum atomic E-state index is -1.31. The fraction of sp³-hybridized carbons (Fsp3) is 0.818. The zero-order valence-corrected chi connectivity index (χ0v) is 10.5. The van der Waals surface area contributed by atoms with Gasteiger partial charge in [-0.25, -0.2) is 0 Å². The number of ether oxygens (including phenoxy) is 4. The molecule has 0 aromatic carbocycles. The van der Waals surface area contributed by atoms with E-state index in [1.54, 1.807) is 13.8 Å². The Balaban J connectivity index is 3.05. The highest BCUT2D eigenvalue weighted by atomic mass is 16.8. The molecule has 0 aromatic rings. The third-order valence-corrected chi connectivity index (χ3v) is 3.19. The van der Waals surface area contributed by atoms with Crippen molar-refractivity contribution in [3.8, 4) is 6.07 Å². The molecule has 6 nitrogen and oxygen atoms in total. The van der Waals surface area contributed by atoms with Crippen LogP contribution in [-0.4, -0.2) is 44.3 Å². The Bertz CT molecular complexity index is 341. The second-order valence-corrected chi connectivity index (χ2v) is 4.21. The van der Waals surface area contributed by atoms with Gasteiger partial charge in [-0.3, -0.25) is 4.79 Å². The lowest BCUT2D eigenvalue weighted by Crippen LogP contribution is -2.66. The van der Waals surface area contributed by atoms with E-state index >= 15 is 0 Å². The minimum Gasteiger partial charge on any atom is -0.349 e. The second-order valence-electron chi connectivity index (χ2n) is 4.21. The van der Waals surface area contributed by atoms with Gasteiger partial charge in [-0.15, -0.1) is 0 Å². The van der Waals surface area contributed by atoms with Gasteiger partial charge in [0.25, 0.3) is 0 Å². The molecule has 0 aliphatic carbocycles. The summed E-state index contributed by atoms with van der Waals surface area (Å²) in [5.74, 6) is -2.40. The fourth-order valence-corrected chi connectivity index (χ4v) is 1.69. The first-order valence-corrected chi connectivity index (χ1v) is 5.18. The van der Waals surface area contributed by atoms with Crippen LogP contribution in [0.2, 0.25) is 0 Å². The summed E-state index contributed by atoms with van der Waals surface area (Å²) >= 11 is 0. The fourth-order valence-electron chi connectivity index (χ4n) is 1.69. The highest BCUT2D eigenvalue weighted by Crippen LogP contribution is 2.40. The van der Waals surface area contributed by atoms with E-state index in [0.717, 1.165) is 0 Å². The number of carbonyl (C=O) groups is 1. The maximum atomic E-state index is 11.1. The normalized spacial score (nSPS) is 41.8. The van der Waals surface area contributed by atoms with Gasteiger partial charge in [0.05, 0.1) is 19.1 Å². The molecule has 0 unspecified atom stereocenters. The first kappa shape index (κ1) is 14.1. The molecule has 6 heteroatoms. The van der Waals surface area contributed by atoms with E-state index in [4.69, 9.17) is 24.2 Å². The van der Waals surface area contributed by atoms with Crippen molar-refractivity contribution in [2.45, 2.75) is 37.4 Å². The Morgan fingerprint density at radius 3 is 2.35 bits per heavy atom. The Hall–Kier alpha value is -1.00. The van der Waals surface area contributed by atoms with Crippen LogP contribution in [0.15, 0.2) is 0 Å². The van der Waals surface area contributed by atoms with Crippen LogP contribution >= 0.6 is 0 Å². The maximum Gasteiger partial charge on any atom is 0.221 e. The van der Waals surface area contributed by atoms with Gasteiger partial charge in [0.15, 0.2) is 11.9 Å². The molecule has 1 heterocycles. The molecule has 0 radical (unpaired) electrons. The lowest BCUT2D eigenvalue weighted by molar-refractivity contribution is -0.442. The monoisotopic (exact) mass is 243 g/mol. The number of carbonyl (C=O) groups excluding carboxylic acids is 1.